The third-order valence-corrected chi connectivity index (χ3v) is 5.84. The molecule has 1 saturated carbocycles. The standard InChI is InChI=1S/C14H24N2S/c1-11-12(2)17-9-8-16(11)14-7-5-3-4-6-13(14)10-15/h11-14H,3-9H2,1-2H3. The molecule has 0 spiro atoms. The molecule has 17 heavy (non-hydrogen) atoms. The summed E-state index contributed by atoms with van der Waals surface area (Å²) in [5, 5.41) is 10.1. The van der Waals surface area contributed by atoms with Crippen molar-refractivity contribution in [3.63, 3.8) is 0 Å². The van der Waals surface area contributed by atoms with Crippen molar-refractivity contribution in [2.24, 2.45) is 5.92 Å². The molecule has 0 radical (unpaired) electrons. The molecule has 0 N–H and O–H groups in total. The molecule has 0 aromatic carbocycles. The lowest BCUT2D eigenvalue weighted by atomic mass is 9.93. The van der Waals surface area contributed by atoms with Gasteiger partial charge < -0.3 is 0 Å². The molecule has 4 unspecified atom stereocenters. The van der Waals surface area contributed by atoms with Gasteiger partial charge in [0.2, 0.25) is 0 Å². The zero-order chi connectivity index (χ0) is 12.3. The topological polar surface area (TPSA) is 27.0 Å². The maximum atomic E-state index is 9.39. The second kappa shape index (κ2) is 6.11. The Morgan fingerprint density at radius 3 is 2.71 bits per heavy atom. The highest BCUT2D eigenvalue weighted by atomic mass is 32.2. The smallest absolute Gasteiger partial charge is 0.0672 e. The predicted octanol–water partition coefficient (Wildman–Crippen LogP) is 3.28. The molecule has 2 fully saturated rings. The molecule has 0 amide bonds. The van der Waals surface area contributed by atoms with E-state index in [1.165, 1.54) is 38.0 Å². The number of rotatable bonds is 1. The maximum absolute atomic E-state index is 9.39. The third kappa shape index (κ3) is 2.98. The number of nitriles is 1. The van der Waals surface area contributed by atoms with Crippen LogP contribution in [0.25, 0.3) is 0 Å². The van der Waals surface area contributed by atoms with E-state index in [-0.39, 0.29) is 5.92 Å². The van der Waals surface area contributed by atoms with Crippen LogP contribution in [-0.2, 0) is 0 Å². The van der Waals surface area contributed by atoms with Crippen molar-refractivity contribution in [1.29, 1.82) is 5.26 Å². The first-order chi connectivity index (χ1) is 8.24. The van der Waals surface area contributed by atoms with Gasteiger partial charge in [-0.2, -0.15) is 17.0 Å². The van der Waals surface area contributed by atoms with Crippen LogP contribution < -0.4 is 0 Å². The van der Waals surface area contributed by atoms with E-state index in [9.17, 15) is 5.26 Å². The summed E-state index contributed by atoms with van der Waals surface area (Å²) in [4.78, 5) is 2.64. The molecule has 2 nitrogen and oxygen atoms in total. The second-order valence-corrected chi connectivity index (χ2v) is 6.98. The molecular weight excluding hydrogens is 228 g/mol. The van der Waals surface area contributed by atoms with Crippen LogP contribution >= 0.6 is 11.8 Å². The van der Waals surface area contributed by atoms with Crippen LogP contribution in [0.2, 0.25) is 0 Å². The van der Waals surface area contributed by atoms with Gasteiger partial charge in [0.15, 0.2) is 0 Å². The zero-order valence-electron chi connectivity index (χ0n) is 11.1. The summed E-state index contributed by atoms with van der Waals surface area (Å²) in [5.41, 5.74) is 0. The van der Waals surface area contributed by atoms with E-state index in [1.54, 1.807) is 0 Å². The lowest BCUT2D eigenvalue weighted by molar-refractivity contribution is 0.112. The first-order valence-electron chi connectivity index (χ1n) is 7.01. The fraction of sp³-hybridized carbons (Fsp3) is 0.929. The van der Waals surface area contributed by atoms with Gasteiger partial charge in [0, 0.05) is 29.6 Å². The van der Waals surface area contributed by atoms with Crippen LogP contribution in [0.1, 0.15) is 46.0 Å². The van der Waals surface area contributed by atoms with Gasteiger partial charge in [-0.1, -0.05) is 26.2 Å². The Kier molecular flexibility index (Phi) is 4.76. The molecule has 4 atom stereocenters. The van der Waals surface area contributed by atoms with Crippen molar-refractivity contribution < 1.29 is 0 Å². The Hall–Kier alpha value is -0.200. The molecule has 2 aliphatic rings. The molecule has 1 heterocycles. The third-order valence-electron chi connectivity index (χ3n) is 4.50. The SMILES string of the molecule is CC1SCCN(C2CCCCCC2C#N)C1C. The Morgan fingerprint density at radius 1 is 1.18 bits per heavy atom. The van der Waals surface area contributed by atoms with Crippen LogP contribution in [0.4, 0.5) is 0 Å². The normalized spacial score (nSPS) is 40.5. The minimum Gasteiger partial charge on any atom is -0.294 e. The lowest BCUT2D eigenvalue weighted by Crippen LogP contribution is -2.52. The maximum Gasteiger partial charge on any atom is 0.0672 e. The molecule has 96 valence electrons. The van der Waals surface area contributed by atoms with E-state index in [0.717, 1.165) is 6.42 Å². The highest BCUT2D eigenvalue weighted by molar-refractivity contribution is 8.00. The van der Waals surface area contributed by atoms with E-state index in [0.29, 0.717) is 17.3 Å². The van der Waals surface area contributed by atoms with Crippen molar-refractivity contribution in [1.82, 2.24) is 4.90 Å². The van der Waals surface area contributed by atoms with Crippen molar-refractivity contribution in [3.05, 3.63) is 0 Å². The summed E-state index contributed by atoms with van der Waals surface area (Å²) in [7, 11) is 0. The van der Waals surface area contributed by atoms with Crippen LogP contribution in [-0.4, -0.2) is 34.5 Å². The van der Waals surface area contributed by atoms with Crippen LogP contribution in [0.5, 0.6) is 0 Å². The Balaban J connectivity index is 2.09. The molecule has 1 aliphatic carbocycles. The van der Waals surface area contributed by atoms with E-state index < -0.39 is 0 Å². The second-order valence-electron chi connectivity index (χ2n) is 5.50. The number of nitrogens with zero attached hydrogens (tertiary/aromatic N) is 2. The van der Waals surface area contributed by atoms with Gasteiger partial charge in [0.05, 0.1) is 12.0 Å². The van der Waals surface area contributed by atoms with Gasteiger partial charge in [-0.05, 0) is 19.8 Å². The minimum absolute atomic E-state index is 0.273. The Labute approximate surface area is 110 Å². The van der Waals surface area contributed by atoms with Crippen molar-refractivity contribution in [3.8, 4) is 6.07 Å². The summed E-state index contributed by atoms with van der Waals surface area (Å²) >= 11 is 2.08. The highest BCUT2D eigenvalue weighted by Crippen LogP contribution is 2.33. The first-order valence-corrected chi connectivity index (χ1v) is 8.06. The highest BCUT2D eigenvalue weighted by Gasteiger charge is 2.35. The fourth-order valence-electron chi connectivity index (χ4n) is 3.26. The minimum atomic E-state index is 0.273. The molecule has 0 aromatic heterocycles. The molecular formula is C14H24N2S. The van der Waals surface area contributed by atoms with Crippen molar-refractivity contribution >= 4 is 11.8 Å². The van der Waals surface area contributed by atoms with E-state index in [4.69, 9.17) is 0 Å². The predicted molar refractivity (Wildman–Crippen MR) is 74.1 cm³/mol. The molecule has 1 aliphatic heterocycles. The monoisotopic (exact) mass is 252 g/mol. The van der Waals surface area contributed by atoms with Gasteiger partial charge >= 0.3 is 0 Å². The van der Waals surface area contributed by atoms with Crippen LogP contribution in [0.15, 0.2) is 0 Å². The number of hydrogen-bond acceptors (Lipinski definition) is 3. The van der Waals surface area contributed by atoms with Gasteiger partial charge in [0.25, 0.3) is 0 Å². The summed E-state index contributed by atoms with van der Waals surface area (Å²) in [6.07, 6.45) is 6.24. The van der Waals surface area contributed by atoms with Gasteiger partial charge in [-0.15, -0.1) is 0 Å². The molecule has 3 heteroatoms. The summed E-state index contributed by atoms with van der Waals surface area (Å²) in [6, 6.07) is 3.74. The molecule has 0 aromatic rings. The van der Waals surface area contributed by atoms with E-state index in [2.05, 4.69) is 36.6 Å². The largest absolute Gasteiger partial charge is 0.294 e. The average Bonchev–Trinajstić information content (AvgIpc) is 2.57. The fourth-order valence-corrected chi connectivity index (χ4v) is 4.38. The van der Waals surface area contributed by atoms with Gasteiger partial charge in [-0.3, -0.25) is 4.90 Å². The quantitative estimate of drug-likeness (QED) is 0.670. The average molecular weight is 252 g/mol. The van der Waals surface area contributed by atoms with Gasteiger partial charge in [-0.25, -0.2) is 0 Å². The Morgan fingerprint density at radius 2 is 1.94 bits per heavy atom. The Bertz CT molecular complexity index is 286. The van der Waals surface area contributed by atoms with Crippen LogP contribution in [0.3, 0.4) is 0 Å². The summed E-state index contributed by atoms with van der Waals surface area (Å²) in [5.74, 6) is 1.51. The molecule has 0 bridgehead atoms. The first kappa shape index (κ1) is 13.2. The van der Waals surface area contributed by atoms with Crippen LogP contribution in [0, 0.1) is 17.2 Å². The summed E-state index contributed by atoms with van der Waals surface area (Å²) < 4.78 is 0. The number of thioether (sulfide) groups is 1. The van der Waals surface area contributed by atoms with Crippen molar-refractivity contribution in [2.45, 2.75) is 63.3 Å². The zero-order valence-corrected chi connectivity index (χ0v) is 11.9. The van der Waals surface area contributed by atoms with Crippen molar-refractivity contribution in [2.75, 3.05) is 12.3 Å². The van der Waals surface area contributed by atoms with E-state index in [1.807, 2.05) is 0 Å². The molecule has 1 saturated heterocycles. The lowest BCUT2D eigenvalue weighted by Gasteiger charge is -2.43. The van der Waals surface area contributed by atoms with E-state index >= 15 is 0 Å². The number of hydrogen-bond donors (Lipinski definition) is 0. The van der Waals surface area contributed by atoms with Gasteiger partial charge in [0.1, 0.15) is 0 Å². The summed E-state index contributed by atoms with van der Waals surface area (Å²) in [6.45, 7) is 5.86. The molecule has 2 rings (SSSR count).